The molecule has 4 heteroatoms. The van der Waals surface area contributed by atoms with Gasteiger partial charge in [0.05, 0.1) is 11.6 Å². The van der Waals surface area contributed by atoms with E-state index in [0.29, 0.717) is 5.82 Å². The van der Waals surface area contributed by atoms with Crippen LogP contribution in [0.4, 0.5) is 5.82 Å². The van der Waals surface area contributed by atoms with Gasteiger partial charge in [0.15, 0.2) is 0 Å². The van der Waals surface area contributed by atoms with Crippen molar-refractivity contribution >= 4 is 5.82 Å². The van der Waals surface area contributed by atoms with Crippen LogP contribution in [0.25, 0.3) is 0 Å². The first-order valence-corrected chi connectivity index (χ1v) is 6.75. The van der Waals surface area contributed by atoms with Crippen LogP contribution < -0.4 is 11.1 Å². The first kappa shape index (κ1) is 13.3. The number of nitrogens with two attached hydrogens (primary N) is 1. The average Bonchev–Trinajstić information content (AvgIpc) is 2.80. The molecule has 2 unspecified atom stereocenters. The topological polar surface area (TPSA) is 60.2 Å². The van der Waals surface area contributed by atoms with Crippen LogP contribution in [0.1, 0.15) is 44.7 Å². The molecule has 2 rings (SSSR count). The number of pyridine rings is 1. The molecule has 100 valence electrons. The summed E-state index contributed by atoms with van der Waals surface area (Å²) in [7, 11) is 0. The molecule has 3 N–H and O–H groups in total. The van der Waals surface area contributed by atoms with Gasteiger partial charge in [0.1, 0.15) is 5.82 Å². The maximum atomic E-state index is 6.01. The normalized spacial score (nSPS) is 25.2. The largest absolute Gasteiger partial charge is 0.383 e. The van der Waals surface area contributed by atoms with Crippen LogP contribution in [0.3, 0.4) is 0 Å². The predicted molar refractivity (Wildman–Crippen MR) is 73.3 cm³/mol. The predicted octanol–water partition coefficient (Wildman–Crippen LogP) is 2.27. The van der Waals surface area contributed by atoms with Gasteiger partial charge in [0.2, 0.25) is 0 Å². The third-order valence-corrected chi connectivity index (χ3v) is 3.64. The number of rotatable bonds is 5. The van der Waals surface area contributed by atoms with Gasteiger partial charge in [0, 0.05) is 18.4 Å². The average molecular weight is 249 g/mol. The Labute approximate surface area is 109 Å². The Kier molecular flexibility index (Phi) is 4.19. The van der Waals surface area contributed by atoms with Crippen LogP contribution in [0.15, 0.2) is 18.3 Å². The molecule has 0 spiro atoms. The number of hydrogen-bond acceptors (Lipinski definition) is 4. The summed E-state index contributed by atoms with van der Waals surface area (Å²) in [6.45, 7) is 6.12. The molecule has 2 atom stereocenters. The number of ether oxygens (including phenoxy) is 1. The summed E-state index contributed by atoms with van der Waals surface area (Å²) in [5.74, 6) is 0.600. The number of nitrogens with one attached hydrogen (secondary N) is 1. The van der Waals surface area contributed by atoms with E-state index in [1.807, 2.05) is 12.1 Å². The maximum absolute atomic E-state index is 6.01. The third-order valence-electron chi connectivity index (χ3n) is 3.64. The van der Waals surface area contributed by atoms with Crippen molar-refractivity contribution in [1.82, 2.24) is 10.3 Å². The van der Waals surface area contributed by atoms with E-state index in [2.05, 4.69) is 24.1 Å². The zero-order valence-electron chi connectivity index (χ0n) is 11.3. The number of anilines is 1. The van der Waals surface area contributed by atoms with Gasteiger partial charge in [-0.15, -0.1) is 0 Å². The van der Waals surface area contributed by atoms with E-state index in [0.717, 1.165) is 38.0 Å². The van der Waals surface area contributed by atoms with Gasteiger partial charge in [-0.3, -0.25) is 0 Å². The molecule has 0 radical (unpaired) electrons. The maximum Gasteiger partial charge on any atom is 0.128 e. The molecule has 0 aliphatic carbocycles. The van der Waals surface area contributed by atoms with Crippen LogP contribution in [0, 0.1) is 0 Å². The molecule has 1 fully saturated rings. The quantitative estimate of drug-likeness (QED) is 0.840. The molecule has 1 aliphatic heterocycles. The van der Waals surface area contributed by atoms with Crippen molar-refractivity contribution in [2.45, 2.75) is 44.8 Å². The van der Waals surface area contributed by atoms with Gasteiger partial charge in [-0.1, -0.05) is 13.0 Å². The Morgan fingerprint density at radius 1 is 1.61 bits per heavy atom. The van der Waals surface area contributed by atoms with Crippen LogP contribution in [-0.4, -0.2) is 23.7 Å². The zero-order chi connectivity index (χ0) is 13.0. The van der Waals surface area contributed by atoms with E-state index in [1.165, 1.54) is 0 Å². The minimum Gasteiger partial charge on any atom is -0.383 e. The molecule has 1 aromatic heterocycles. The molecule has 1 aliphatic rings. The Bertz CT molecular complexity index is 388. The molecular formula is C14H23N3O. The molecule has 0 saturated carbocycles. The van der Waals surface area contributed by atoms with Crippen molar-refractivity contribution in [3.63, 3.8) is 0 Å². The summed E-state index contributed by atoms with van der Waals surface area (Å²) in [4.78, 5) is 4.19. The Morgan fingerprint density at radius 3 is 3.06 bits per heavy atom. The fraction of sp³-hybridized carbons (Fsp3) is 0.643. The van der Waals surface area contributed by atoms with Crippen molar-refractivity contribution < 1.29 is 4.74 Å². The minimum atomic E-state index is -0.174. The SMILES string of the molecule is CCCNC(c1cccnc1N)C1(C)CCCO1. The summed E-state index contributed by atoms with van der Waals surface area (Å²) >= 11 is 0. The summed E-state index contributed by atoms with van der Waals surface area (Å²) in [6.07, 6.45) is 4.99. The van der Waals surface area contributed by atoms with Crippen LogP contribution in [0.5, 0.6) is 0 Å². The van der Waals surface area contributed by atoms with Gasteiger partial charge >= 0.3 is 0 Å². The smallest absolute Gasteiger partial charge is 0.128 e. The van der Waals surface area contributed by atoms with E-state index in [4.69, 9.17) is 10.5 Å². The van der Waals surface area contributed by atoms with Gasteiger partial charge in [-0.2, -0.15) is 0 Å². The van der Waals surface area contributed by atoms with Gasteiger partial charge in [-0.05, 0) is 38.8 Å². The molecule has 1 aromatic rings. The lowest BCUT2D eigenvalue weighted by Crippen LogP contribution is -2.42. The summed E-state index contributed by atoms with van der Waals surface area (Å²) in [5, 5.41) is 3.56. The first-order valence-electron chi connectivity index (χ1n) is 6.75. The van der Waals surface area contributed by atoms with E-state index in [1.54, 1.807) is 6.20 Å². The second-order valence-corrected chi connectivity index (χ2v) is 5.13. The highest BCUT2D eigenvalue weighted by atomic mass is 16.5. The fourth-order valence-corrected chi connectivity index (χ4v) is 2.65. The van der Waals surface area contributed by atoms with E-state index >= 15 is 0 Å². The molecule has 4 nitrogen and oxygen atoms in total. The number of hydrogen-bond donors (Lipinski definition) is 2. The molecule has 0 amide bonds. The molecule has 0 bridgehead atoms. The highest BCUT2D eigenvalue weighted by Crippen LogP contribution is 2.38. The molecular weight excluding hydrogens is 226 g/mol. The lowest BCUT2D eigenvalue weighted by molar-refractivity contribution is -0.0123. The Balaban J connectivity index is 2.27. The van der Waals surface area contributed by atoms with Crippen LogP contribution in [-0.2, 0) is 4.74 Å². The van der Waals surface area contributed by atoms with E-state index in [-0.39, 0.29) is 11.6 Å². The minimum absolute atomic E-state index is 0.119. The van der Waals surface area contributed by atoms with Gasteiger partial charge in [-0.25, -0.2) is 4.98 Å². The van der Waals surface area contributed by atoms with Crippen molar-refractivity contribution in [1.29, 1.82) is 0 Å². The number of aromatic nitrogens is 1. The Morgan fingerprint density at radius 2 is 2.44 bits per heavy atom. The van der Waals surface area contributed by atoms with Crippen LogP contribution in [0.2, 0.25) is 0 Å². The number of nitrogens with zero attached hydrogens (tertiary/aromatic N) is 1. The fourth-order valence-electron chi connectivity index (χ4n) is 2.65. The van der Waals surface area contributed by atoms with Crippen molar-refractivity contribution in [2.24, 2.45) is 0 Å². The lowest BCUT2D eigenvalue weighted by Gasteiger charge is -2.34. The van der Waals surface area contributed by atoms with Crippen molar-refractivity contribution in [2.75, 3.05) is 18.9 Å². The van der Waals surface area contributed by atoms with E-state index < -0.39 is 0 Å². The highest BCUT2D eigenvalue weighted by Gasteiger charge is 2.39. The highest BCUT2D eigenvalue weighted by molar-refractivity contribution is 5.42. The van der Waals surface area contributed by atoms with Gasteiger partial charge in [0.25, 0.3) is 0 Å². The van der Waals surface area contributed by atoms with Gasteiger partial charge < -0.3 is 15.8 Å². The standard InChI is InChI=1S/C14H23N3O/c1-3-8-16-12(14(2)7-5-10-18-14)11-6-4-9-17-13(11)15/h4,6,9,12,16H,3,5,7-8,10H2,1-2H3,(H2,15,17). The van der Waals surface area contributed by atoms with E-state index in [9.17, 15) is 0 Å². The summed E-state index contributed by atoms with van der Waals surface area (Å²) in [6, 6.07) is 4.10. The summed E-state index contributed by atoms with van der Waals surface area (Å²) < 4.78 is 5.96. The molecule has 1 saturated heterocycles. The lowest BCUT2D eigenvalue weighted by atomic mass is 9.87. The molecule has 0 aromatic carbocycles. The second-order valence-electron chi connectivity index (χ2n) is 5.13. The monoisotopic (exact) mass is 249 g/mol. The first-order chi connectivity index (χ1) is 8.67. The number of nitrogen functional groups attached to an aromatic ring is 1. The van der Waals surface area contributed by atoms with Crippen molar-refractivity contribution in [3.8, 4) is 0 Å². The van der Waals surface area contributed by atoms with Crippen LogP contribution >= 0.6 is 0 Å². The summed E-state index contributed by atoms with van der Waals surface area (Å²) in [5.41, 5.74) is 6.89. The second kappa shape index (κ2) is 5.67. The third kappa shape index (κ3) is 2.65. The zero-order valence-corrected chi connectivity index (χ0v) is 11.3. The molecule has 2 heterocycles. The molecule has 18 heavy (non-hydrogen) atoms. The Hall–Kier alpha value is -1.13. The van der Waals surface area contributed by atoms with Crippen molar-refractivity contribution in [3.05, 3.63) is 23.9 Å².